The van der Waals surface area contributed by atoms with E-state index in [1.54, 1.807) is 23.1 Å². The maximum absolute atomic E-state index is 12.5. The molecule has 0 aliphatic carbocycles. The number of benzene rings is 1. The Bertz CT molecular complexity index is 544. The average Bonchev–Trinajstić information content (AvgIpc) is 2.40. The average molecular weight is 296 g/mol. The number of carboxylic acid groups (broad SMARTS) is 1. The summed E-state index contributed by atoms with van der Waals surface area (Å²) < 4.78 is 0. The zero-order valence-corrected chi connectivity index (χ0v) is 12.4. The highest BCUT2D eigenvalue weighted by atomic mass is 35.5. The van der Waals surface area contributed by atoms with E-state index < -0.39 is 5.97 Å². The molecule has 1 aliphatic heterocycles. The Balaban J connectivity index is 2.15. The van der Waals surface area contributed by atoms with Gasteiger partial charge in [0.2, 0.25) is 0 Å². The predicted octanol–water partition coefficient (Wildman–Crippen LogP) is 2.83. The molecule has 1 fully saturated rings. The first-order valence-electron chi connectivity index (χ1n) is 6.69. The molecule has 4 nitrogen and oxygen atoms in total. The van der Waals surface area contributed by atoms with Crippen LogP contribution in [0, 0.1) is 18.8 Å². The van der Waals surface area contributed by atoms with Gasteiger partial charge in [0, 0.05) is 23.7 Å². The van der Waals surface area contributed by atoms with Crippen LogP contribution < -0.4 is 0 Å². The lowest BCUT2D eigenvalue weighted by Gasteiger charge is -2.35. The Hall–Kier alpha value is -1.55. The first-order chi connectivity index (χ1) is 9.41. The van der Waals surface area contributed by atoms with Crippen LogP contribution >= 0.6 is 11.6 Å². The SMILES string of the molecule is Cc1c(Cl)cccc1C(=O)N1CCC(C(=O)O)C(C)C1. The molecule has 20 heavy (non-hydrogen) atoms. The molecular weight excluding hydrogens is 278 g/mol. The molecule has 1 saturated heterocycles. The largest absolute Gasteiger partial charge is 0.481 e. The molecule has 1 N–H and O–H groups in total. The number of aliphatic carboxylic acids is 1. The van der Waals surface area contributed by atoms with E-state index >= 15 is 0 Å². The maximum atomic E-state index is 12.5. The number of rotatable bonds is 2. The molecule has 2 unspecified atom stereocenters. The standard InChI is InChI=1S/C15H18ClNO3/c1-9-8-17(7-6-11(9)15(19)20)14(18)12-4-3-5-13(16)10(12)2/h3-5,9,11H,6-8H2,1-2H3,(H,19,20). The summed E-state index contributed by atoms with van der Waals surface area (Å²) in [6.45, 7) is 4.65. The van der Waals surface area contributed by atoms with Crippen molar-refractivity contribution in [3.05, 3.63) is 34.3 Å². The van der Waals surface area contributed by atoms with Crippen LogP contribution in [0.5, 0.6) is 0 Å². The van der Waals surface area contributed by atoms with Gasteiger partial charge >= 0.3 is 5.97 Å². The minimum atomic E-state index is -0.775. The van der Waals surface area contributed by atoms with Crippen LogP contribution in [0.15, 0.2) is 18.2 Å². The van der Waals surface area contributed by atoms with Gasteiger partial charge in [-0.2, -0.15) is 0 Å². The molecule has 1 aliphatic rings. The van der Waals surface area contributed by atoms with Crippen molar-refractivity contribution >= 4 is 23.5 Å². The van der Waals surface area contributed by atoms with Crippen molar-refractivity contribution in [2.75, 3.05) is 13.1 Å². The lowest BCUT2D eigenvalue weighted by Crippen LogP contribution is -2.45. The highest BCUT2D eigenvalue weighted by molar-refractivity contribution is 6.31. The quantitative estimate of drug-likeness (QED) is 0.913. The van der Waals surface area contributed by atoms with E-state index in [4.69, 9.17) is 16.7 Å². The molecule has 5 heteroatoms. The van der Waals surface area contributed by atoms with Crippen LogP contribution in [0.1, 0.15) is 29.3 Å². The summed E-state index contributed by atoms with van der Waals surface area (Å²) in [5.74, 6) is -1.24. The van der Waals surface area contributed by atoms with Gasteiger partial charge in [-0.05, 0) is 37.0 Å². The van der Waals surface area contributed by atoms with Crippen LogP contribution in [-0.2, 0) is 4.79 Å². The molecule has 1 heterocycles. The van der Waals surface area contributed by atoms with Crippen molar-refractivity contribution in [2.45, 2.75) is 20.3 Å². The van der Waals surface area contributed by atoms with Crippen molar-refractivity contribution in [3.8, 4) is 0 Å². The molecule has 0 radical (unpaired) electrons. The van der Waals surface area contributed by atoms with Crippen LogP contribution in [0.3, 0.4) is 0 Å². The smallest absolute Gasteiger partial charge is 0.306 e. The molecule has 0 aromatic heterocycles. The molecule has 1 aromatic carbocycles. The second kappa shape index (κ2) is 5.83. The fourth-order valence-corrected chi connectivity index (χ4v) is 2.88. The number of nitrogens with zero attached hydrogens (tertiary/aromatic N) is 1. The van der Waals surface area contributed by atoms with Crippen molar-refractivity contribution in [1.82, 2.24) is 4.90 Å². The number of carbonyl (C=O) groups is 2. The van der Waals surface area contributed by atoms with Gasteiger partial charge in [-0.3, -0.25) is 9.59 Å². The van der Waals surface area contributed by atoms with Gasteiger partial charge in [-0.15, -0.1) is 0 Å². The zero-order chi connectivity index (χ0) is 14.9. The summed E-state index contributed by atoms with van der Waals surface area (Å²) in [4.78, 5) is 25.3. The van der Waals surface area contributed by atoms with E-state index in [2.05, 4.69) is 0 Å². The Kier molecular flexibility index (Phi) is 4.33. The van der Waals surface area contributed by atoms with Crippen molar-refractivity contribution in [2.24, 2.45) is 11.8 Å². The van der Waals surface area contributed by atoms with Gasteiger partial charge in [-0.25, -0.2) is 0 Å². The van der Waals surface area contributed by atoms with Gasteiger partial charge < -0.3 is 10.0 Å². The van der Waals surface area contributed by atoms with E-state index in [9.17, 15) is 9.59 Å². The van der Waals surface area contributed by atoms with Gasteiger partial charge in [0.15, 0.2) is 0 Å². The fraction of sp³-hybridized carbons (Fsp3) is 0.467. The van der Waals surface area contributed by atoms with E-state index in [0.717, 1.165) is 5.56 Å². The highest BCUT2D eigenvalue weighted by Gasteiger charge is 2.33. The minimum Gasteiger partial charge on any atom is -0.481 e. The first-order valence-corrected chi connectivity index (χ1v) is 7.06. The normalized spacial score (nSPS) is 22.6. The van der Waals surface area contributed by atoms with E-state index in [1.807, 2.05) is 13.8 Å². The molecular formula is C15H18ClNO3. The Morgan fingerprint density at radius 2 is 2.10 bits per heavy atom. The summed E-state index contributed by atoms with van der Waals surface area (Å²) in [5.41, 5.74) is 1.37. The Morgan fingerprint density at radius 1 is 1.40 bits per heavy atom. The first kappa shape index (κ1) is 14.9. The molecule has 2 rings (SSSR count). The second-order valence-corrected chi connectivity index (χ2v) is 5.78. The third-order valence-corrected chi connectivity index (χ3v) is 4.42. The van der Waals surface area contributed by atoms with Crippen LogP contribution in [0.25, 0.3) is 0 Å². The summed E-state index contributed by atoms with van der Waals surface area (Å²) in [5, 5.41) is 9.68. The molecule has 2 atom stereocenters. The van der Waals surface area contributed by atoms with Crippen molar-refractivity contribution < 1.29 is 14.7 Å². The number of piperidine rings is 1. The minimum absolute atomic E-state index is 0.0373. The second-order valence-electron chi connectivity index (χ2n) is 5.37. The monoisotopic (exact) mass is 295 g/mol. The van der Waals surface area contributed by atoms with Crippen molar-refractivity contribution in [3.63, 3.8) is 0 Å². The molecule has 0 spiro atoms. The number of likely N-dealkylation sites (tertiary alicyclic amines) is 1. The Morgan fingerprint density at radius 3 is 2.70 bits per heavy atom. The molecule has 0 bridgehead atoms. The summed E-state index contributed by atoms with van der Waals surface area (Å²) in [7, 11) is 0. The van der Waals surface area contributed by atoms with Gasteiger partial charge in [-0.1, -0.05) is 24.6 Å². The van der Waals surface area contributed by atoms with E-state index in [1.165, 1.54) is 0 Å². The zero-order valence-electron chi connectivity index (χ0n) is 11.6. The Labute approximate surface area is 123 Å². The fourth-order valence-electron chi connectivity index (χ4n) is 2.71. The van der Waals surface area contributed by atoms with Crippen LogP contribution in [0.4, 0.5) is 0 Å². The summed E-state index contributed by atoms with van der Waals surface area (Å²) >= 11 is 6.04. The number of carboxylic acids is 1. The number of amides is 1. The molecule has 1 aromatic rings. The number of carbonyl (C=O) groups excluding carboxylic acids is 1. The van der Waals surface area contributed by atoms with E-state index in [0.29, 0.717) is 30.1 Å². The summed E-state index contributed by atoms with van der Waals surface area (Å²) in [6, 6.07) is 5.28. The highest BCUT2D eigenvalue weighted by Crippen LogP contribution is 2.26. The lowest BCUT2D eigenvalue weighted by molar-refractivity contribution is -0.145. The van der Waals surface area contributed by atoms with E-state index in [-0.39, 0.29) is 17.7 Å². The topological polar surface area (TPSA) is 57.6 Å². The predicted molar refractivity (Wildman–Crippen MR) is 77.0 cm³/mol. The van der Waals surface area contributed by atoms with Gasteiger partial charge in [0.25, 0.3) is 5.91 Å². The summed E-state index contributed by atoms with van der Waals surface area (Å²) in [6.07, 6.45) is 0.502. The third kappa shape index (κ3) is 2.80. The third-order valence-electron chi connectivity index (χ3n) is 4.01. The van der Waals surface area contributed by atoms with Gasteiger partial charge in [0.1, 0.15) is 0 Å². The van der Waals surface area contributed by atoms with Crippen LogP contribution in [-0.4, -0.2) is 35.0 Å². The lowest BCUT2D eigenvalue weighted by atomic mass is 9.86. The molecule has 1 amide bonds. The number of hydrogen-bond acceptors (Lipinski definition) is 2. The maximum Gasteiger partial charge on any atom is 0.306 e. The molecule has 0 saturated carbocycles. The molecule has 108 valence electrons. The van der Waals surface area contributed by atoms with Crippen molar-refractivity contribution in [1.29, 1.82) is 0 Å². The van der Waals surface area contributed by atoms with Gasteiger partial charge in [0.05, 0.1) is 5.92 Å². The number of hydrogen-bond donors (Lipinski definition) is 1. The van der Waals surface area contributed by atoms with Crippen LogP contribution in [0.2, 0.25) is 5.02 Å². The number of halogens is 1.